The second-order valence-electron chi connectivity index (χ2n) is 9.37. The summed E-state index contributed by atoms with van der Waals surface area (Å²) < 4.78 is 25.1. The van der Waals surface area contributed by atoms with Gasteiger partial charge in [-0.05, 0) is 60.7 Å². The molecule has 194 valence electrons. The van der Waals surface area contributed by atoms with Gasteiger partial charge >= 0.3 is 0 Å². The Balaban J connectivity index is 1.39. The molecule has 1 aliphatic rings. The number of rotatable bonds is 9. The first-order valence-electron chi connectivity index (χ1n) is 13.1. The Bertz CT molecular complexity index is 1720. The zero-order chi connectivity index (χ0) is 27.7. The van der Waals surface area contributed by atoms with E-state index in [2.05, 4.69) is 37.0 Å². The van der Waals surface area contributed by atoms with Crippen molar-refractivity contribution in [2.75, 3.05) is 17.2 Å². The van der Waals surface area contributed by atoms with Crippen molar-refractivity contribution >= 4 is 33.9 Å². The number of halogens is 2. The molecule has 0 radical (unpaired) electrons. The lowest BCUT2D eigenvalue weighted by molar-refractivity contribution is 0.610. The standard InChI is InChI=1S/C29H24ClFN8/c30-25-13-22(36-28(19-3-5-21(31)6-4-19)26-17-39(38-37-26)23-7-8-23)12-24-27(20(14-32)16-35-29(24)25)34-11-9-18-2-1-10-33-15-18/h1-6,10,12-13,15-17,23,28,36H,7-9,11H2,(H,34,35)/t28-/m0/s1/i28D. The molecule has 6 rings (SSSR count). The van der Waals surface area contributed by atoms with Gasteiger partial charge in [0.2, 0.25) is 0 Å². The minimum Gasteiger partial charge on any atom is -0.383 e. The number of aromatic nitrogens is 5. The van der Waals surface area contributed by atoms with Crippen LogP contribution in [0.3, 0.4) is 0 Å². The third-order valence-electron chi connectivity index (χ3n) is 6.57. The summed E-state index contributed by atoms with van der Waals surface area (Å²) in [6.07, 6.45) is 9.51. The van der Waals surface area contributed by atoms with E-state index in [1.165, 1.54) is 18.3 Å². The molecule has 39 heavy (non-hydrogen) atoms. The van der Waals surface area contributed by atoms with Crippen LogP contribution >= 0.6 is 11.6 Å². The van der Waals surface area contributed by atoms with Gasteiger partial charge in [-0.3, -0.25) is 9.97 Å². The van der Waals surface area contributed by atoms with E-state index in [9.17, 15) is 11.0 Å². The Morgan fingerprint density at radius 1 is 1.21 bits per heavy atom. The summed E-state index contributed by atoms with van der Waals surface area (Å²) in [6.45, 7) is 0.553. The van der Waals surface area contributed by atoms with Gasteiger partial charge in [0.1, 0.15) is 17.6 Å². The summed E-state index contributed by atoms with van der Waals surface area (Å²) >= 11 is 6.69. The lowest BCUT2D eigenvalue weighted by Crippen LogP contribution is -2.13. The number of benzene rings is 2. The van der Waals surface area contributed by atoms with Crippen LogP contribution in [-0.4, -0.2) is 31.5 Å². The first-order valence-corrected chi connectivity index (χ1v) is 12.9. The quantitative estimate of drug-likeness (QED) is 0.234. The van der Waals surface area contributed by atoms with Crippen LogP contribution in [0.15, 0.2) is 73.3 Å². The highest BCUT2D eigenvalue weighted by atomic mass is 35.5. The van der Waals surface area contributed by atoms with Crippen LogP contribution in [0.4, 0.5) is 15.8 Å². The summed E-state index contributed by atoms with van der Waals surface area (Å²) in [5.74, 6) is -0.404. The number of hydrogen-bond donors (Lipinski definition) is 2. The van der Waals surface area contributed by atoms with Crippen molar-refractivity contribution in [2.45, 2.75) is 31.3 Å². The van der Waals surface area contributed by atoms with Crippen LogP contribution in [0.25, 0.3) is 10.9 Å². The Morgan fingerprint density at radius 3 is 2.79 bits per heavy atom. The van der Waals surface area contributed by atoms with E-state index < -0.39 is 11.8 Å². The molecule has 0 aliphatic heterocycles. The number of pyridine rings is 2. The van der Waals surface area contributed by atoms with Crippen LogP contribution in [0.1, 0.15) is 48.7 Å². The van der Waals surface area contributed by atoms with Crippen molar-refractivity contribution in [2.24, 2.45) is 0 Å². The molecule has 0 bridgehead atoms. The lowest BCUT2D eigenvalue weighted by Gasteiger charge is -2.20. The SMILES string of the molecule is [2H][C@](Nc1cc(Cl)c2ncc(C#N)c(NCCc3cccnc3)c2c1)(c1ccc(F)cc1)c1cn(C2CC2)nn1. The molecule has 8 nitrogen and oxygen atoms in total. The highest BCUT2D eigenvalue weighted by molar-refractivity contribution is 6.35. The molecule has 1 fully saturated rings. The van der Waals surface area contributed by atoms with Gasteiger partial charge in [-0.15, -0.1) is 5.10 Å². The maximum atomic E-state index is 13.8. The highest BCUT2D eigenvalue weighted by Gasteiger charge is 2.27. The van der Waals surface area contributed by atoms with Crippen LogP contribution in [0.2, 0.25) is 5.02 Å². The molecule has 5 aromatic rings. The van der Waals surface area contributed by atoms with E-state index in [-0.39, 0.29) is 6.04 Å². The molecule has 0 amide bonds. The number of hydrogen-bond acceptors (Lipinski definition) is 7. The molecule has 2 N–H and O–H groups in total. The van der Waals surface area contributed by atoms with Crippen LogP contribution < -0.4 is 10.6 Å². The average Bonchev–Trinajstić information content (AvgIpc) is 3.69. The summed E-state index contributed by atoms with van der Waals surface area (Å²) in [5, 5.41) is 26.0. The van der Waals surface area contributed by atoms with E-state index >= 15 is 0 Å². The van der Waals surface area contributed by atoms with Crippen molar-refractivity contribution < 1.29 is 5.76 Å². The lowest BCUT2D eigenvalue weighted by atomic mass is 10.0. The Labute approximate surface area is 230 Å². The van der Waals surface area contributed by atoms with Gasteiger partial charge < -0.3 is 10.6 Å². The first-order chi connectivity index (χ1) is 19.4. The minimum absolute atomic E-state index is 0.282. The number of fused-ring (bicyclic) bond motifs is 1. The van der Waals surface area contributed by atoms with Crippen molar-refractivity contribution in [3.8, 4) is 6.07 Å². The predicted octanol–water partition coefficient (Wildman–Crippen LogP) is 6.08. The smallest absolute Gasteiger partial charge is 0.123 e. The van der Waals surface area contributed by atoms with Crippen molar-refractivity contribution in [1.29, 1.82) is 5.26 Å². The molecular formula is C29H24ClFN8. The summed E-state index contributed by atoms with van der Waals surface area (Å²) in [7, 11) is 0. The van der Waals surface area contributed by atoms with E-state index in [1.807, 2.05) is 12.1 Å². The average molecular weight is 540 g/mol. The topological polar surface area (TPSA) is 104 Å². The number of nitriles is 1. The zero-order valence-corrected chi connectivity index (χ0v) is 21.5. The van der Waals surface area contributed by atoms with Crippen LogP contribution in [0, 0.1) is 17.1 Å². The monoisotopic (exact) mass is 539 g/mol. The first kappa shape index (κ1) is 23.6. The van der Waals surface area contributed by atoms with E-state index in [1.54, 1.807) is 47.5 Å². The highest BCUT2D eigenvalue weighted by Crippen LogP contribution is 2.37. The van der Waals surface area contributed by atoms with Crippen molar-refractivity contribution in [3.63, 3.8) is 0 Å². The van der Waals surface area contributed by atoms with E-state index in [4.69, 9.17) is 11.6 Å². The van der Waals surface area contributed by atoms with Crippen molar-refractivity contribution in [3.05, 3.63) is 107 Å². The maximum absolute atomic E-state index is 13.8. The fourth-order valence-corrected chi connectivity index (χ4v) is 4.71. The molecule has 0 unspecified atom stereocenters. The maximum Gasteiger partial charge on any atom is 0.123 e. The van der Waals surface area contributed by atoms with E-state index in [0.29, 0.717) is 57.1 Å². The van der Waals surface area contributed by atoms with Gasteiger partial charge in [-0.2, -0.15) is 5.26 Å². The van der Waals surface area contributed by atoms with Crippen LogP contribution in [-0.2, 0) is 6.42 Å². The molecule has 0 saturated heterocycles. The number of anilines is 2. The minimum atomic E-state index is -1.61. The molecule has 3 aromatic heterocycles. The molecule has 2 aromatic carbocycles. The summed E-state index contributed by atoms with van der Waals surface area (Å²) in [5.41, 5.74) is 3.89. The zero-order valence-electron chi connectivity index (χ0n) is 21.8. The molecule has 0 spiro atoms. The van der Waals surface area contributed by atoms with Gasteiger partial charge in [0.25, 0.3) is 0 Å². The van der Waals surface area contributed by atoms with Gasteiger partial charge in [-0.25, -0.2) is 9.07 Å². The molecule has 10 heteroatoms. The predicted molar refractivity (Wildman–Crippen MR) is 148 cm³/mol. The van der Waals surface area contributed by atoms with Crippen LogP contribution in [0.5, 0.6) is 0 Å². The fraction of sp³-hybridized carbons (Fsp3) is 0.207. The number of nitrogens with zero attached hydrogens (tertiary/aromatic N) is 6. The molecule has 1 saturated carbocycles. The normalized spacial score (nSPS) is 14.8. The van der Waals surface area contributed by atoms with E-state index in [0.717, 1.165) is 18.4 Å². The number of nitrogens with one attached hydrogen (secondary N) is 2. The Morgan fingerprint density at radius 2 is 2.05 bits per heavy atom. The van der Waals surface area contributed by atoms with Gasteiger partial charge in [0.05, 0.1) is 41.4 Å². The van der Waals surface area contributed by atoms with Gasteiger partial charge in [0.15, 0.2) is 0 Å². The fourth-order valence-electron chi connectivity index (χ4n) is 4.44. The molecular weight excluding hydrogens is 515 g/mol. The van der Waals surface area contributed by atoms with Gasteiger partial charge in [-0.1, -0.05) is 35.0 Å². The summed E-state index contributed by atoms with van der Waals surface area (Å²) in [4.78, 5) is 8.58. The second kappa shape index (κ2) is 10.7. The second-order valence-corrected chi connectivity index (χ2v) is 9.78. The van der Waals surface area contributed by atoms with Crippen molar-refractivity contribution in [1.82, 2.24) is 25.0 Å². The molecule has 1 aliphatic carbocycles. The Hall–Kier alpha value is -4.55. The largest absolute Gasteiger partial charge is 0.383 e. The summed E-state index contributed by atoms with van der Waals surface area (Å²) in [6, 6.07) is 14.0. The third-order valence-corrected chi connectivity index (χ3v) is 6.86. The molecule has 3 heterocycles. The Kier molecular flexibility index (Phi) is 6.45. The third kappa shape index (κ3) is 5.38. The molecule has 1 atom stereocenters. The van der Waals surface area contributed by atoms with Gasteiger partial charge in [0, 0.05) is 36.2 Å².